The minimum Gasteiger partial charge on any atom is -0.479 e. The Balaban J connectivity index is 2.48. The summed E-state index contributed by atoms with van der Waals surface area (Å²) in [5, 5.41) is 9.86. The Bertz CT molecular complexity index is 576. The van der Waals surface area contributed by atoms with Crippen LogP contribution in [0.1, 0.15) is 97.8 Å². The molecule has 0 aliphatic carbocycles. The molecule has 1 aromatic rings. The molecule has 0 saturated carbocycles. The van der Waals surface area contributed by atoms with E-state index < -0.39 is 11.5 Å². The van der Waals surface area contributed by atoms with Crippen molar-refractivity contribution in [1.29, 1.82) is 0 Å². The number of aliphatic carboxylic acids is 1. The molecule has 0 saturated heterocycles. The van der Waals surface area contributed by atoms with Crippen molar-refractivity contribution in [1.82, 2.24) is 9.13 Å². The molecule has 150 valence electrons. The molecule has 1 N–H and O–H groups in total. The monoisotopic (exact) mass is 366 g/mol. The van der Waals surface area contributed by atoms with Gasteiger partial charge >= 0.3 is 11.7 Å². The van der Waals surface area contributed by atoms with Gasteiger partial charge in [-0.25, -0.2) is 9.59 Å². The quantitative estimate of drug-likeness (QED) is 0.435. The minimum atomic E-state index is -1.11. The van der Waals surface area contributed by atoms with Gasteiger partial charge < -0.3 is 5.11 Å². The number of unbranched alkanes of at least 4 members (excludes halogenated alkanes) is 9. The van der Waals surface area contributed by atoms with Gasteiger partial charge in [-0.15, -0.1) is 0 Å². The van der Waals surface area contributed by atoms with Crippen LogP contribution in [-0.2, 0) is 16.9 Å². The third kappa shape index (κ3) is 6.03. The van der Waals surface area contributed by atoms with Crippen LogP contribution < -0.4 is 5.69 Å². The highest BCUT2D eigenvalue weighted by atomic mass is 16.4. The lowest BCUT2D eigenvalue weighted by Gasteiger charge is -2.29. The van der Waals surface area contributed by atoms with Crippen LogP contribution in [0, 0.1) is 0 Å². The molecule has 1 aromatic heterocycles. The van der Waals surface area contributed by atoms with Crippen LogP contribution >= 0.6 is 0 Å². The highest BCUT2D eigenvalue weighted by Gasteiger charge is 2.39. The molecule has 0 radical (unpaired) electrons. The molecule has 26 heavy (non-hydrogen) atoms. The van der Waals surface area contributed by atoms with Crippen molar-refractivity contribution in [2.24, 2.45) is 0 Å². The van der Waals surface area contributed by atoms with Crippen LogP contribution in [0.4, 0.5) is 0 Å². The second kappa shape index (κ2) is 12.0. The minimum absolute atomic E-state index is 0.219. The number of hydrogen-bond acceptors (Lipinski definition) is 2. The van der Waals surface area contributed by atoms with E-state index in [1.165, 1.54) is 49.5 Å². The number of carbonyl (C=O) groups is 1. The summed E-state index contributed by atoms with van der Waals surface area (Å²) in [5.74, 6) is -0.896. The van der Waals surface area contributed by atoms with E-state index in [0.717, 1.165) is 19.3 Å². The lowest BCUT2D eigenvalue weighted by atomic mass is 9.88. The van der Waals surface area contributed by atoms with Crippen LogP contribution in [0.5, 0.6) is 0 Å². The zero-order valence-electron chi connectivity index (χ0n) is 17.0. The number of hydrogen-bond donors (Lipinski definition) is 1. The molecular weight excluding hydrogens is 328 g/mol. The van der Waals surface area contributed by atoms with Crippen molar-refractivity contribution in [3.63, 3.8) is 0 Å². The van der Waals surface area contributed by atoms with Crippen molar-refractivity contribution < 1.29 is 9.90 Å². The summed E-state index contributed by atoms with van der Waals surface area (Å²) >= 11 is 0. The van der Waals surface area contributed by atoms with E-state index in [9.17, 15) is 14.7 Å². The van der Waals surface area contributed by atoms with Gasteiger partial charge in [-0.2, -0.15) is 0 Å². The van der Waals surface area contributed by atoms with Crippen molar-refractivity contribution in [2.45, 2.75) is 110 Å². The summed E-state index contributed by atoms with van der Waals surface area (Å²) in [5.41, 5.74) is -1.33. The maximum absolute atomic E-state index is 12.5. The van der Waals surface area contributed by atoms with E-state index in [1.807, 2.05) is 13.8 Å². The average molecular weight is 367 g/mol. The highest BCUT2D eigenvalue weighted by Crippen LogP contribution is 2.27. The lowest BCUT2D eigenvalue weighted by Crippen LogP contribution is -2.47. The fourth-order valence-electron chi connectivity index (χ4n) is 3.71. The first-order valence-corrected chi connectivity index (χ1v) is 10.5. The first-order valence-electron chi connectivity index (χ1n) is 10.5. The van der Waals surface area contributed by atoms with E-state index >= 15 is 0 Å². The Labute approximate surface area is 158 Å². The Hall–Kier alpha value is -1.52. The second-order valence-electron chi connectivity index (χ2n) is 7.36. The van der Waals surface area contributed by atoms with Crippen LogP contribution in [0.3, 0.4) is 0 Å². The molecule has 0 fully saturated rings. The Morgan fingerprint density at radius 2 is 1.46 bits per heavy atom. The molecule has 5 heteroatoms. The number of carboxylic acids is 1. The van der Waals surface area contributed by atoms with E-state index in [0.29, 0.717) is 19.4 Å². The van der Waals surface area contributed by atoms with E-state index in [2.05, 4.69) is 6.92 Å². The SMILES string of the molecule is CCCCCCCCCCCCC(CC)(C(=O)O)n1ccn(CC)c1=O. The Morgan fingerprint density at radius 3 is 1.88 bits per heavy atom. The smallest absolute Gasteiger partial charge is 0.330 e. The van der Waals surface area contributed by atoms with Crippen molar-refractivity contribution in [3.05, 3.63) is 22.9 Å². The van der Waals surface area contributed by atoms with Crippen LogP contribution in [0.2, 0.25) is 0 Å². The number of aromatic nitrogens is 2. The number of rotatable bonds is 15. The van der Waals surface area contributed by atoms with Gasteiger partial charge in [0, 0.05) is 18.9 Å². The van der Waals surface area contributed by atoms with E-state index in [-0.39, 0.29) is 5.69 Å². The third-order valence-electron chi connectivity index (χ3n) is 5.58. The number of nitrogens with zero attached hydrogens (tertiary/aromatic N) is 2. The normalized spacial score (nSPS) is 13.7. The fraction of sp³-hybridized carbons (Fsp3) is 0.810. The van der Waals surface area contributed by atoms with Crippen molar-refractivity contribution in [3.8, 4) is 0 Å². The maximum Gasteiger partial charge on any atom is 0.330 e. The summed E-state index contributed by atoms with van der Waals surface area (Å²) in [6.45, 7) is 6.55. The Morgan fingerprint density at radius 1 is 0.923 bits per heavy atom. The predicted octanol–water partition coefficient (Wildman–Crippen LogP) is 5.17. The van der Waals surface area contributed by atoms with E-state index in [1.54, 1.807) is 17.0 Å². The van der Waals surface area contributed by atoms with E-state index in [4.69, 9.17) is 0 Å². The second-order valence-corrected chi connectivity index (χ2v) is 7.36. The van der Waals surface area contributed by atoms with Crippen molar-refractivity contribution in [2.75, 3.05) is 0 Å². The molecular formula is C21H38N2O3. The summed E-state index contributed by atoms with van der Waals surface area (Å²) in [6, 6.07) is 0. The maximum atomic E-state index is 12.5. The van der Waals surface area contributed by atoms with Gasteiger partial charge in [-0.05, 0) is 19.8 Å². The van der Waals surface area contributed by atoms with Gasteiger partial charge in [0.25, 0.3) is 0 Å². The fourth-order valence-corrected chi connectivity index (χ4v) is 3.71. The summed E-state index contributed by atoms with van der Waals surface area (Å²) < 4.78 is 3.00. The van der Waals surface area contributed by atoms with Gasteiger partial charge in [0.2, 0.25) is 0 Å². The molecule has 1 unspecified atom stereocenters. The Kier molecular flexibility index (Phi) is 10.4. The first-order chi connectivity index (χ1) is 12.5. The van der Waals surface area contributed by atoms with Crippen LogP contribution in [-0.4, -0.2) is 20.2 Å². The topological polar surface area (TPSA) is 64.2 Å². The lowest BCUT2D eigenvalue weighted by molar-refractivity contribution is -0.148. The van der Waals surface area contributed by atoms with Gasteiger partial charge in [0.05, 0.1) is 0 Å². The number of imidazole rings is 1. The molecule has 1 atom stereocenters. The molecule has 5 nitrogen and oxygen atoms in total. The molecule has 0 spiro atoms. The number of carboxylic acid groups (broad SMARTS) is 1. The molecule has 0 aliphatic heterocycles. The van der Waals surface area contributed by atoms with Crippen LogP contribution in [0.15, 0.2) is 17.2 Å². The molecule has 0 aromatic carbocycles. The van der Waals surface area contributed by atoms with Gasteiger partial charge in [0.15, 0.2) is 0 Å². The molecule has 0 bridgehead atoms. The molecule has 0 aliphatic rings. The van der Waals surface area contributed by atoms with Crippen molar-refractivity contribution >= 4 is 5.97 Å². The number of aryl methyl sites for hydroxylation is 1. The summed E-state index contributed by atoms with van der Waals surface area (Å²) in [7, 11) is 0. The largest absolute Gasteiger partial charge is 0.479 e. The van der Waals surface area contributed by atoms with Crippen LogP contribution in [0.25, 0.3) is 0 Å². The van der Waals surface area contributed by atoms with Gasteiger partial charge in [-0.1, -0.05) is 78.1 Å². The molecule has 0 amide bonds. The molecule has 1 heterocycles. The zero-order chi connectivity index (χ0) is 19.4. The molecule has 1 rings (SSSR count). The standard InChI is InChI=1S/C21H38N2O3/c1-4-7-8-9-10-11-12-13-14-15-16-21(5-2,19(24)25)23-18-17-22(6-3)20(23)26/h17-18H,4-16H2,1-3H3,(H,24,25). The van der Waals surface area contributed by atoms with Gasteiger partial charge in [0.1, 0.15) is 5.54 Å². The van der Waals surface area contributed by atoms with Gasteiger partial charge in [-0.3, -0.25) is 9.13 Å². The average Bonchev–Trinajstić information content (AvgIpc) is 3.01. The summed E-state index contributed by atoms with van der Waals surface area (Å²) in [6.07, 6.45) is 16.4. The predicted molar refractivity (Wildman–Crippen MR) is 107 cm³/mol. The first kappa shape index (κ1) is 22.5. The zero-order valence-corrected chi connectivity index (χ0v) is 17.0. The summed E-state index contributed by atoms with van der Waals surface area (Å²) in [4.78, 5) is 24.5. The highest BCUT2D eigenvalue weighted by molar-refractivity contribution is 5.76. The third-order valence-corrected chi connectivity index (χ3v) is 5.58.